The Labute approximate surface area is 208 Å². The molecule has 1 spiro atoms. The van der Waals surface area contributed by atoms with Crippen LogP contribution >= 0.6 is 11.8 Å². The van der Waals surface area contributed by atoms with Gasteiger partial charge in [0.1, 0.15) is 6.04 Å². The first kappa shape index (κ1) is 27.1. The molecule has 2 bridgehead atoms. The second kappa shape index (κ2) is 9.84. The summed E-state index contributed by atoms with van der Waals surface area (Å²) in [6.45, 7) is 18.1. The Kier molecular flexibility index (Phi) is 7.83. The second-order valence-corrected chi connectivity index (χ2v) is 13.0. The molecule has 0 aromatic heterocycles. The number of rotatable bonds is 9. The molecule has 0 radical (unpaired) electrons. The number of aliphatic hydroxyl groups is 1. The summed E-state index contributed by atoms with van der Waals surface area (Å²) in [5, 5.41) is 10.3. The average Bonchev–Trinajstić information content (AvgIpc) is 3.33. The van der Waals surface area contributed by atoms with Crippen molar-refractivity contribution in [2.24, 2.45) is 23.7 Å². The first-order valence-electron chi connectivity index (χ1n) is 12.6. The van der Waals surface area contributed by atoms with E-state index in [2.05, 4.69) is 13.5 Å². The highest BCUT2D eigenvalue weighted by Crippen LogP contribution is 2.69. The Bertz CT molecular complexity index is 824. The van der Waals surface area contributed by atoms with Gasteiger partial charge < -0.3 is 19.6 Å². The maximum atomic E-state index is 14.4. The zero-order valence-electron chi connectivity index (χ0n) is 21.7. The Hall–Kier alpha value is -1.54. The summed E-state index contributed by atoms with van der Waals surface area (Å²) in [5.41, 5.74) is -0.480. The number of carbonyl (C=O) groups is 3. The van der Waals surface area contributed by atoms with E-state index in [0.29, 0.717) is 13.0 Å². The highest BCUT2D eigenvalue weighted by Gasteiger charge is 2.77. The van der Waals surface area contributed by atoms with Crippen LogP contribution in [0.3, 0.4) is 0 Å². The molecule has 3 aliphatic rings. The van der Waals surface area contributed by atoms with Crippen LogP contribution in [0.15, 0.2) is 12.7 Å². The molecule has 192 valence electrons. The van der Waals surface area contributed by atoms with Gasteiger partial charge in [0, 0.05) is 17.3 Å². The molecule has 0 aromatic rings. The van der Waals surface area contributed by atoms with Crippen LogP contribution in [-0.2, 0) is 19.1 Å². The van der Waals surface area contributed by atoms with Gasteiger partial charge in [-0.15, -0.1) is 18.3 Å². The minimum Gasteiger partial charge on any atom is -0.466 e. The fraction of sp³-hybridized carbons (Fsp3) is 0.808. The third-order valence-corrected chi connectivity index (χ3v) is 9.79. The molecule has 34 heavy (non-hydrogen) atoms. The normalized spacial score (nSPS) is 33.3. The maximum Gasteiger partial charge on any atom is 0.310 e. The molecule has 3 fully saturated rings. The molecule has 3 aliphatic heterocycles. The lowest BCUT2D eigenvalue weighted by Gasteiger charge is -2.45. The van der Waals surface area contributed by atoms with E-state index in [0.717, 1.165) is 6.42 Å². The van der Waals surface area contributed by atoms with Gasteiger partial charge in [-0.05, 0) is 52.4 Å². The van der Waals surface area contributed by atoms with Gasteiger partial charge >= 0.3 is 5.97 Å². The number of hydrogen-bond donors (Lipinski definition) is 1. The fourth-order valence-electron chi connectivity index (χ4n) is 6.43. The number of esters is 1. The van der Waals surface area contributed by atoms with Gasteiger partial charge in [0.15, 0.2) is 0 Å². The molecule has 7 atom stereocenters. The minimum absolute atomic E-state index is 0.0411. The van der Waals surface area contributed by atoms with E-state index >= 15 is 0 Å². The summed E-state index contributed by atoms with van der Waals surface area (Å²) in [5.74, 6) is -1.54. The van der Waals surface area contributed by atoms with Crippen molar-refractivity contribution < 1.29 is 24.2 Å². The SMILES string of the molecule is C=CCN(C(=O)C1N([C@@H](CO)CC(C)C)C(=O)[C@@H]2[C@H](C(=O)OCC)[C@@H]3CC(C)C12S3)C(C)(C)C. The predicted octanol–water partition coefficient (Wildman–Crippen LogP) is 3.11. The molecule has 1 N–H and O–H groups in total. The minimum atomic E-state index is -0.746. The van der Waals surface area contributed by atoms with Crippen molar-refractivity contribution in [3.63, 3.8) is 0 Å². The van der Waals surface area contributed by atoms with E-state index in [1.165, 1.54) is 0 Å². The van der Waals surface area contributed by atoms with Crippen molar-refractivity contribution in [2.45, 2.75) is 88.9 Å². The van der Waals surface area contributed by atoms with Crippen LogP contribution in [0.2, 0.25) is 0 Å². The number of amides is 2. The lowest BCUT2D eigenvalue weighted by Crippen LogP contribution is -2.62. The number of fused-ring (bicyclic) bond motifs is 1. The highest BCUT2D eigenvalue weighted by atomic mass is 32.2. The number of ether oxygens (including phenoxy) is 1. The van der Waals surface area contributed by atoms with Crippen molar-refractivity contribution in [3.8, 4) is 0 Å². The van der Waals surface area contributed by atoms with Crippen LogP contribution in [0.4, 0.5) is 0 Å². The van der Waals surface area contributed by atoms with Crippen molar-refractivity contribution in [1.29, 1.82) is 0 Å². The number of carbonyl (C=O) groups excluding carboxylic acids is 3. The Morgan fingerprint density at radius 3 is 2.53 bits per heavy atom. The standard InChI is InChI=1S/C26H42N2O5S/c1-9-11-27(25(6,7)8)23(31)21-26-16(5)13-18(34-26)19(24(32)33-10-2)20(26)22(30)28(21)17(14-29)12-15(3)4/h9,15-21,29H,1,10-14H2,2-8H3/t16?,17-,18+,19-,20+,21?,26?/m1/s1. The zero-order valence-corrected chi connectivity index (χ0v) is 22.6. The third kappa shape index (κ3) is 4.19. The van der Waals surface area contributed by atoms with Crippen molar-refractivity contribution >= 4 is 29.5 Å². The predicted molar refractivity (Wildman–Crippen MR) is 134 cm³/mol. The average molecular weight is 495 g/mol. The number of aliphatic hydroxyl groups excluding tert-OH is 1. The highest BCUT2D eigenvalue weighted by molar-refractivity contribution is 8.02. The smallest absolute Gasteiger partial charge is 0.310 e. The molecule has 3 saturated heterocycles. The largest absolute Gasteiger partial charge is 0.466 e. The summed E-state index contributed by atoms with van der Waals surface area (Å²) in [6, 6.07) is -1.23. The number of thioether (sulfide) groups is 1. The molecule has 0 saturated carbocycles. The van der Waals surface area contributed by atoms with Gasteiger partial charge in [0.25, 0.3) is 0 Å². The zero-order chi connectivity index (χ0) is 25.6. The molecule has 3 heterocycles. The van der Waals surface area contributed by atoms with Crippen LogP contribution in [0.25, 0.3) is 0 Å². The summed E-state index contributed by atoms with van der Waals surface area (Å²) in [6.07, 6.45) is 3.06. The first-order chi connectivity index (χ1) is 15.9. The summed E-state index contributed by atoms with van der Waals surface area (Å²) < 4.78 is 4.69. The molecule has 8 heteroatoms. The third-order valence-electron chi connectivity index (χ3n) is 7.71. The monoisotopic (exact) mass is 494 g/mol. The van der Waals surface area contributed by atoms with E-state index < -0.39 is 34.2 Å². The van der Waals surface area contributed by atoms with Gasteiger partial charge in [-0.3, -0.25) is 14.4 Å². The molecule has 0 aromatic carbocycles. The molecular formula is C26H42N2O5S. The van der Waals surface area contributed by atoms with Crippen LogP contribution in [0, 0.1) is 23.7 Å². The molecule has 2 amide bonds. The van der Waals surface area contributed by atoms with Crippen molar-refractivity contribution in [1.82, 2.24) is 9.80 Å². The van der Waals surface area contributed by atoms with Crippen LogP contribution in [0.5, 0.6) is 0 Å². The van der Waals surface area contributed by atoms with Gasteiger partial charge in [-0.1, -0.05) is 26.8 Å². The Balaban J connectivity index is 2.18. The van der Waals surface area contributed by atoms with E-state index in [9.17, 15) is 19.5 Å². The lowest BCUT2D eigenvalue weighted by molar-refractivity contribution is -0.154. The van der Waals surface area contributed by atoms with Crippen LogP contribution in [0.1, 0.15) is 61.3 Å². The molecule has 7 nitrogen and oxygen atoms in total. The Morgan fingerprint density at radius 2 is 2.03 bits per heavy atom. The summed E-state index contributed by atoms with van der Waals surface area (Å²) in [7, 11) is 0. The molecule has 3 unspecified atom stereocenters. The molecule has 0 aliphatic carbocycles. The first-order valence-corrected chi connectivity index (χ1v) is 13.4. The van der Waals surface area contributed by atoms with E-state index in [4.69, 9.17) is 4.74 Å². The Morgan fingerprint density at radius 1 is 1.38 bits per heavy atom. The van der Waals surface area contributed by atoms with Gasteiger partial charge in [0.05, 0.1) is 35.8 Å². The van der Waals surface area contributed by atoms with Gasteiger partial charge in [0.2, 0.25) is 11.8 Å². The number of likely N-dealkylation sites (tertiary alicyclic amines) is 1. The van der Waals surface area contributed by atoms with Gasteiger partial charge in [-0.25, -0.2) is 0 Å². The van der Waals surface area contributed by atoms with Crippen LogP contribution in [-0.4, -0.2) is 80.1 Å². The molecular weight excluding hydrogens is 452 g/mol. The number of hydrogen-bond acceptors (Lipinski definition) is 6. The van der Waals surface area contributed by atoms with E-state index in [1.807, 2.05) is 34.6 Å². The summed E-state index contributed by atoms with van der Waals surface area (Å²) in [4.78, 5) is 45.1. The quantitative estimate of drug-likeness (QED) is 0.392. The van der Waals surface area contributed by atoms with E-state index in [-0.39, 0.29) is 48.1 Å². The van der Waals surface area contributed by atoms with Crippen molar-refractivity contribution in [3.05, 3.63) is 12.7 Å². The van der Waals surface area contributed by atoms with Crippen LogP contribution < -0.4 is 0 Å². The van der Waals surface area contributed by atoms with E-state index in [1.54, 1.807) is 34.6 Å². The topological polar surface area (TPSA) is 87.2 Å². The van der Waals surface area contributed by atoms with Crippen molar-refractivity contribution in [2.75, 3.05) is 19.8 Å². The lowest BCUT2D eigenvalue weighted by atomic mass is 9.66. The maximum absolute atomic E-state index is 14.4. The second-order valence-electron chi connectivity index (χ2n) is 11.4. The number of nitrogens with zero attached hydrogens (tertiary/aromatic N) is 2. The summed E-state index contributed by atoms with van der Waals surface area (Å²) >= 11 is 1.64. The molecule has 3 rings (SSSR count). The van der Waals surface area contributed by atoms with Gasteiger partial charge in [-0.2, -0.15) is 0 Å². The fourth-order valence-corrected chi connectivity index (χ4v) is 8.82.